The zero-order valence-electron chi connectivity index (χ0n) is 6.64. The van der Waals surface area contributed by atoms with Gasteiger partial charge in [-0.25, -0.2) is 0 Å². The maximum Gasteiger partial charge on any atom is 0.0600 e. The fourth-order valence-electron chi connectivity index (χ4n) is 2.14. The van der Waals surface area contributed by atoms with Gasteiger partial charge in [0.15, 0.2) is 0 Å². The molecule has 0 saturated carbocycles. The molecule has 0 radical (unpaired) electrons. The first-order chi connectivity index (χ1) is 4.86. The summed E-state index contributed by atoms with van der Waals surface area (Å²) in [6.45, 7) is 6.22. The average Bonchev–Trinajstić information content (AvgIpc) is 2.27. The Morgan fingerprint density at radius 1 is 1.50 bits per heavy atom. The number of fused-ring (bicyclic) bond motifs is 1. The lowest BCUT2D eigenvalue weighted by molar-refractivity contribution is 0.178. The quantitative estimate of drug-likeness (QED) is 0.531. The van der Waals surface area contributed by atoms with Crippen molar-refractivity contribution in [2.75, 3.05) is 19.6 Å². The lowest BCUT2D eigenvalue weighted by atomic mass is 10.1. The summed E-state index contributed by atoms with van der Waals surface area (Å²) in [5, 5.41) is 3.54. The lowest BCUT2D eigenvalue weighted by Gasteiger charge is -2.30. The topological polar surface area (TPSA) is 15.3 Å². The minimum atomic E-state index is 0.726. The van der Waals surface area contributed by atoms with Crippen LogP contribution in [-0.4, -0.2) is 30.7 Å². The van der Waals surface area contributed by atoms with E-state index in [9.17, 15) is 0 Å². The highest BCUT2D eigenvalue weighted by Gasteiger charge is 2.30. The molecule has 0 amide bonds. The zero-order valence-corrected chi connectivity index (χ0v) is 6.64. The Bertz CT molecular complexity index is 110. The van der Waals surface area contributed by atoms with Crippen LogP contribution in [0, 0.1) is 5.92 Å². The van der Waals surface area contributed by atoms with Gasteiger partial charge in [-0.1, -0.05) is 6.92 Å². The van der Waals surface area contributed by atoms with Crippen LogP contribution >= 0.6 is 0 Å². The summed E-state index contributed by atoms with van der Waals surface area (Å²) in [5.41, 5.74) is 0. The minimum Gasteiger partial charge on any atom is -0.302 e. The number of rotatable bonds is 0. The molecular formula is C8H16N2. The van der Waals surface area contributed by atoms with Gasteiger partial charge in [0, 0.05) is 13.1 Å². The molecule has 0 aromatic heterocycles. The fraction of sp³-hybridized carbons (Fsp3) is 1.00. The zero-order chi connectivity index (χ0) is 6.97. The highest BCUT2D eigenvalue weighted by atomic mass is 15.3. The maximum atomic E-state index is 3.54. The number of hydrogen-bond donors (Lipinski definition) is 1. The lowest BCUT2D eigenvalue weighted by Crippen LogP contribution is -2.47. The van der Waals surface area contributed by atoms with E-state index >= 15 is 0 Å². The molecule has 0 aromatic carbocycles. The third-order valence-corrected chi connectivity index (χ3v) is 2.61. The fourth-order valence-corrected chi connectivity index (χ4v) is 2.14. The highest BCUT2D eigenvalue weighted by Crippen LogP contribution is 2.22. The number of hydrogen-bond acceptors (Lipinski definition) is 2. The van der Waals surface area contributed by atoms with Crippen molar-refractivity contribution in [3.05, 3.63) is 0 Å². The molecule has 1 N–H and O–H groups in total. The van der Waals surface area contributed by atoms with Gasteiger partial charge >= 0.3 is 0 Å². The second-order valence-electron chi connectivity index (χ2n) is 3.66. The van der Waals surface area contributed by atoms with Gasteiger partial charge in [-0.3, -0.25) is 4.90 Å². The van der Waals surface area contributed by atoms with Gasteiger partial charge in [-0.15, -0.1) is 0 Å². The Hall–Kier alpha value is -0.0800. The Kier molecular flexibility index (Phi) is 1.66. The van der Waals surface area contributed by atoms with E-state index in [1.54, 1.807) is 0 Å². The number of nitrogens with zero attached hydrogens (tertiary/aromatic N) is 1. The monoisotopic (exact) mass is 140 g/mol. The van der Waals surface area contributed by atoms with Gasteiger partial charge in [-0.2, -0.15) is 0 Å². The second-order valence-corrected chi connectivity index (χ2v) is 3.66. The summed E-state index contributed by atoms with van der Waals surface area (Å²) in [5.74, 6) is 0.913. The van der Waals surface area contributed by atoms with Crippen molar-refractivity contribution >= 4 is 0 Å². The maximum absolute atomic E-state index is 3.54. The Balaban J connectivity index is 1.97. The Morgan fingerprint density at radius 3 is 3.20 bits per heavy atom. The van der Waals surface area contributed by atoms with Crippen LogP contribution in [0.2, 0.25) is 0 Å². The third kappa shape index (κ3) is 1.06. The normalized spacial score (nSPS) is 41.7. The summed E-state index contributed by atoms with van der Waals surface area (Å²) >= 11 is 0. The van der Waals surface area contributed by atoms with E-state index in [4.69, 9.17) is 0 Å². The standard InChI is InChI=1S/C8H16N2/c1-7-5-8-9-3-2-4-10(8)6-7/h7-9H,2-6H2,1H3/t7-,8+/m1/s1. The van der Waals surface area contributed by atoms with E-state index in [2.05, 4.69) is 17.1 Å². The van der Waals surface area contributed by atoms with E-state index < -0.39 is 0 Å². The van der Waals surface area contributed by atoms with Crippen molar-refractivity contribution < 1.29 is 0 Å². The van der Waals surface area contributed by atoms with Gasteiger partial charge in [0.25, 0.3) is 0 Å². The van der Waals surface area contributed by atoms with Gasteiger partial charge in [0.1, 0.15) is 0 Å². The molecule has 0 aromatic rings. The summed E-state index contributed by atoms with van der Waals surface area (Å²) in [4.78, 5) is 2.58. The summed E-state index contributed by atoms with van der Waals surface area (Å²) < 4.78 is 0. The van der Waals surface area contributed by atoms with Gasteiger partial charge < -0.3 is 5.32 Å². The third-order valence-electron chi connectivity index (χ3n) is 2.61. The molecule has 2 rings (SSSR count). The molecule has 0 bridgehead atoms. The Labute approximate surface area is 62.6 Å². The van der Waals surface area contributed by atoms with Crippen LogP contribution in [0.15, 0.2) is 0 Å². The molecule has 0 aliphatic carbocycles. The van der Waals surface area contributed by atoms with E-state index in [1.807, 2.05) is 0 Å². The van der Waals surface area contributed by atoms with Crippen molar-refractivity contribution in [3.8, 4) is 0 Å². The van der Waals surface area contributed by atoms with Crippen LogP contribution in [0.5, 0.6) is 0 Å². The molecule has 2 heteroatoms. The predicted octanol–water partition coefficient (Wildman–Crippen LogP) is 0.648. The molecule has 2 fully saturated rings. The molecular weight excluding hydrogens is 124 g/mol. The van der Waals surface area contributed by atoms with Crippen LogP contribution in [0.25, 0.3) is 0 Å². The number of nitrogens with one attached hydrogen (secondary N) is 1. The molecule has 2 aliphatic rings. The summed E-state index contributed by atoms with van der Waals surface area (Å²) in [6, 6.07) is 0. The Morgan fingerprint density at radius 2 is 2.40 bits per heavy atom. The van der Waals surface area contributed by atoms with Crippen LogP contribution in [0.4, 0.5) is 0 Å². The molecule has 0 unspecified atom stereocenters. The molecule has 10 heavy (non-hydrogen) atoms. The smallest absolute Gasteiger partial charge is 0.0600 e. The van der Waals surface area contributed by atoms with Crippen molar-refractivity contribution in [2.45, 2.75) is 25.9 Å². The van der Waals surface area contributed by atoms with Crippen molar-refractivity contribution in [1.29, 1.82) is 0 Å². The van der Waals surface area contributed by atoms with Gasteiger partial charge in [-0.05, 0) is 25.3 Å². The van der Waals surface area contributed by atoms with Crippen LogP contribution in [-0.2, 0) is 0 Å². The van der Waals surface area contributed by atoms with Crippen LogP contribution < -0.4 is 5.32 Å². The van der Waals surface area contributed by atoms with Crippen molar-refractivity contribution in [1.82, 2.24) is 10.2 Å². The summed E-state index contributed by atoms with van der Waals surface area (Å²) in [6.07, 6.45) is 3.42. The van der Waals surface area contributed by atoms with Gasteiger partial charge in [0.2, 0.25) is 0 Å². The van der Waals surface area contributed by atoms with Gasteiger partial charge in [0.05, 0.1) is 6.17 Å². The minimum absolute atomic E-state index is 0.726. The van der Waals surface area contributed by atoms with E-state index in [0.717, 1.165) is 12.1 Å². The van der Waals surface area contributed by atoms with Crippen molar-refractivity contribution in [2.24, 2.45) is 5.92 Å². The van der Waals surface area contributed by atoms with Crippen LogP contribution in [0.3, 0.4) is 0 Å². The molecule has 0 spiro atoms. The first-order valence-electron chi connectivity index (χ1n) is 4.33. The molecule has 2 heterocycles. The highest BCUT2D eigenvalue weighted by molar-refractivity contribution is 4.84. The molecule has 2 aliphatic heterocycles. The van der Waals surface area contributed by atoms with E-state index in [0.29, 0.717) is 0 Å². The first kappa shape index (κ1) is 6.62. The van der Waals surface area contributed by atoms with Crippen molar-refractivity contribution in [3.63, 3.8) is 0 Å². The van der Waals surface area contributed by atoms with E-state index in [1.165, 1.54) is 32.5 Å². The summed E-state index contributed by atoms with van der Waals surface area (Å²) in [7, 11) is 0. The van der Waals surface area contributed by atoms with E-state index in [-0.39, 0.29) is 0 Å². The predicted molar refractivity (Wildman–Crippen MR) is 41.8 cm³/mol. The second kappa shape index (κ2) is 2.51. The first-order valence-corrected chi connectivity index (χ1v) is 4.33. The molecule has 2 nitrogen and oxygen atoms in total. The largest absolute Gasteiger partial charge is 0.302 e. The van der Waals surface area contributed by atoms with Crippen LogP contribution in [0.1, 0.15) is 19.8 Å². The SMILES string of the molecule is C[C@@H]1C[C@H]2NCCCN2C1. The molecule has 2 saturated heterocycles. The average molecular weight is 140 g/mol. The molecule has 58 valence electrons. The molecule has 2 atom stereocenters.